The van der Waals surface area contributed by atoms with E-state index in [9.17, 15) is 9.59 Å². The highest BCUT2D eigenvalue weighted by atomic mass is 35.5. The molecule has 0 fully saturated rings. The maximum Gasteiger partial charge on any atom is 0.305 e. The Balaban J connectivity index is 1.95. The summed E-state index contributed by atoms with van der Waals surface area (Å²) in [4.78, 5) is 27.5. The number of nitrogens with zero attached hydrogens (tertiary/aromatic N) is 1. The molecule has 1 aromatic carbocycles. The van der Waals surface area contributed by atoms with Crippen molar-refractivity contribution >= 4 is 23.5 Å². The summed E-state index contributed by atoms with van der Waals surface area (Å²) in [5.41, 5.74) is 0.0555. The Labute approximate surface area is 157 Å². The van der Waals surface area contributed by atoms with E-state index in [0.29, 0.717) is 23.1 Å². The number of carboxylic acids is 1. The zero-order chi connectivity index (χ0) is 19.3. The first-order valence-electron chi connectivity index (χ1n) is 8.43. The number of hydrogen-bond donors (Lipinski definition) is 2. The summed E-state index contributed by atoms with van der Waals surface area (Å²) in [6, 6.07) is 7.20. The number of halogens is 1. The van der Waals surface area contributed by atoms with Crippen molar-refractivity contribution in [1.82, 2.24) is 10.3 Å². The highest BCUT2D eigenvalue weighted by Gasteiger charge is 2.32. The van der Waals surface area contributed by atoms with Crippen molar-refractivity contribution in [2.45, 2.75) is 45.6 Å². The standard InChI is InChI=1S/C19H23ClN2O4/c1-12(2)19(3,10-18(24)25)22-16(23)8-9-17-21-11-15(26-17)13-4-6-14(20)7-5-13/h4-7,11-12H,8-10H2,1-3H3,(H,22,23)(H,24,25). The van der Waals surface area contributed by atoms with Crippen LogP contribution in [-0.4, -0.2) is 27.5 Å². The fourth-order valence-corrected chi connectivity index (χ4v) is 2.61. The van der Waals surface area contributed by atoms with Gasteiger partial charge in [-0.1, -0.05) is 25.4 Å². The van der Waals surface area contributed by atoms with Gasteiger partial charge in [0.2, 0.25) is 5.91 Å². The SMILES string of the molecule is CC(C)C(C)(CC(=O)O)NC(=O)CCc1ncc(-c2ccc(Cl)cc2)o1. The minimum atomic E-state index is -0.943. The number of benzene rings is 1. The Bertz CT molecular complexity index is 770. The zero-order valence-electron chi connectivity index (χ0n) is 15.1. The molecule has 0 saturated carbocycles. The third kappa shape index (κ3) is 5.33. The molecule has 26 heavy (non-hydrogen) atoms. The van der Waals surface area contributed by atoms with Crippen molar-refractivity contribution in [2.75, 3.05) is 0 Å². The molecule has 0 saturated heterocycles. The van der Waals surface area contributed by atoms with Crippen LogP contribution in [0.1, 0.15) is 39.5 Å². The largest absolute Gasteiger partial charge is 0.481 e. The molecule has 0 aliphatic heterocycles. The number of hydrogen-bond acceptors (Lipinski definition) is 4. The van der Waals surface area contributed by atoms with Crippen LogP contribution in [0.4, 0.5) is 0 Å². The molecule has 0 aliphatic rings. The lowest BCUT2D eigenvalue weighted by atomic mass is 9.85. The lowest BCUT2D eigenvalue weighted by Crippen LogP contribution is -2.51. The van der Waals surface area contributed by atoms with E-state index in [2.05, 4.69) is 10.3 Å². The molecule has 0 spiro atoms. The molecule has 2 rings (SSSR count). The van der Waals surface area contributed by atoms with Crippen molar-refractivity contribution in [3.05, 3.63) is 41.4 Å². The molecular formula is C19H23ClN2O4. The molecule has 1 heterocycles. The number of nitrogens with one attached hydrogen (secondary N) is 1. The topological polar surface area (TPSA) is 92.4 Å². The van der Waals surface area contributed by atoms with Gasteiger partial charge in [0.15, 0.2) is 11.7 Å². The molecule has 2 N–H and O–H groups in total. The van der Waals surface area contributed by atoms with E-state index in [1.54, 1.807) is 25.3 Å². The molecule has 1 amide bonds. The molecule has 0 aliphatic carbocycles. The van der Waals surface area contributed by atoms with Crippen LogP contribution in [0, 0.1) is 5.92 Å². The van der Waals surface area contributed by atoms with E-state index in [1.807, 2.05) is 26.0 Å². The summed E-state index contributed by atoms with van der Waals surface area (Å²) in [5.74, 6) is -0.124. The Kier molecular flexibility index (Phi) is 6.42. The van der Waals surface area contributed by atoms with Gasteiger partial charge in [-0.25, -0.2) is 4.98 Å². The van der Waals surface area contributed by atoms with Crippen molar-refractivity contribution in [3.63, 3.8) is 0 Å². The summed E-state index contributed by atoms with van der Waals surface area (Å²) >= 11 is 5.87. The van der Waals surface area contributed by atoms with Crippen molar-refractivity contribution in [3.8, 4) is 11.3 Å². The van der Waals surface area contributed by atoms with Gasteiger partial charge in [-0.15, -0.1) is 0 Å². The van der Waals surface area contributed by atoms with Gasteiger partial charge in [0.1, 0.15) is 0 Å². The van der Waals surface area contributed by atoms with Gasteiger partial charge in [-0.05, 0) is 37.1 Å². The van der Waals surface area contributed by atoms with Crippen LogP contribution in [0.15, 0.2) is 34.9 Å². The molecule has 6 nitrogen and oxygen atoms in total. The fraction of sp³-hybridized carbons (Fsp3) is 0.421. The van der Waals surface area contributed by atoms with Crippen LogP contribution in [0.3, 0.4) is 0 Å². The van der Waals surface area contributed by atoms with Crippen molar-refractivity contribution in [2.24, 2.45) is 5.92 Å². The van der Waals surface area contributed by atoms with Crippen LogP contribution in [0.2, 0.25) is 5.02 Å². The summed E-state index contributed by atoms with van der Waals surface area (Å²) in [6.45, 7) is 5.51. The zero-order valence-corrected chi connectivity index (χ0v) is 15.8. The normalized spacial score (nSPS) is 13.4. The van der Waals surface area contributed by atoms with E-state index >= 15 is 0 Å². The molecular weight excluding hydrogens is 356 g/mol. The van der Waals surface area contributed by atoms with E-state index in [4.69, 9.17) is 21.1 Å². The Hall–Kier alpha value is -2.34. The van der Waals surface area contributed by atoms with E-state index in [0.717, 1.165) is 5.56 Å². The highest BCUT2D eigenvalue weighted by Crippen LogP contribution is 2.23. The fourth-order valence-electron chi connectivity index (χ4n) is 2.48. The average molecular weight is 379 g/mol. The summed E-state index contributed by atoms with van der Waals surface area (Å²) in [7, 11) is 0. The van der Waals surface area contributed by atoms with Gasteiger partial charge < -0.3 is 14.8 Å². The summed E-state index contributed by atoms with van der Waals surface area (Å²) in [5, 5.41) is 12.5. The molecule has 7 heteroatoms. The van der Waals surface area contributed by atoms with Gasteiger partial charge in [0.25, 0.3) is 0 Å². The molecule has 140 valence electrons. The molecule has 2 aromatic rings. The smallest absolute Gasteiger partial charge is 0.305 e. The van der Waals surface area contributed by atoms with Gasteiger partial charge in [-0.3, -0.25) is 9.59 Å². The first-order valence-corrected chi connectivity index (χ1v) is 8.81. The van der Waals surface area contributed by atoms with E-state index in [-0.39, 0.29) is 24.7 Å². The number of rotatable bonds is 8. The second-order valence-corrected chi connectivity index (χ2v) is 7.25. The minimum absolute atomic E-state index is 0.0132. The molecule has 0 bridgehead atoms. The molecule has 1 atom stereocenters. The quantitative estimate of drug-likeness (QED) is 0.725. The Morgan fingerprint density at radius 3 is 2.54 bits per heavy atom. The number of oxazole rings is 1. The second-order valence-electron chi connectivity index (χ2n) is 6.82. The van der Waals surface area contributed by atoms with E-state index in [1.165, 1.54) is 0 Å². The number of aromatic nitrogens is 1. The first-order chi connectivity index (χ1) is 12.2. The number of amides is 1. The van der Waals surface area contributed by atoms with Crippen LogP contribution in [-0.2, 0) is 16.0 Å². The van der Waals surface area contributed by atoms with Gasteiger partial charge in [0.05, 0.1) is 12.6 Å². The molecule has 0 radical (unpaired) electrons. The maximum absolute atomic E-state index is 12.2. The first kappa shape index (κ1) is 20.0. The predicted octanol–water partition coefficient (Wildman–Crippen LogP) is 3.93. The maximum atomic E-state index is 12.2. The summed E-state index contributed by atoms with van der Waals surface area (Å²) in [6.07, 6.45) is 1.98. The monoisotopic (exact) mass is 378 g/mol. The number of aryl methyl sites for hydroxylation is 1. The van der Waals surface area contributed by atoms with Crippen LogP contribution >= 0.6 is 11.6 Å². The minimum Gasteiger partial charge on any atom is -0.481 e. The highest BCUT2D eigenvalue weighted by molar-refractivity contribution is 6.30. The Morgan fingerprint density at radius 1 is 1.31 bits per heavy atom. The van der Waals surface area contributed by atoms with E-state index < -0.39 is 11.5 Å². The number of carboxylic acid groups (broad SMARTS) is 1. The average Bonchev–Trinajstić information content (AvgIpc) is 3.01. The lowest BCUT2D eigenvalue weighted by Gasteiger charge is -2.33. The number of aliphatic carboxylic acids is 1. The van der Waals surface area contributed by atoms with Gasteiger partial charge >= 0.3 is 5.97 Å². The predicted molar refractivity (Wildman–Crippen MR) is 98.9 cm³/mol. The third-order valence-corrected chi connectivity index (χ3v) is 4.72. The number of carbonyl (C=O) groups excluding carboxylic acids is 1. The number of carbonyl (C=O) groups is 2. The summed E-state index contributed by atoms with van der Waals surface area (Å²) < 4.78 is 5.67. The molecule has 1 unspecified atom stereocenters. The van der Waals surface area contributed by atoms with Crippen LogP contribution in [0.25, 0.3) is 11.3 Å². The molecule has 1 aromatic heterocycles. The van der Waals surface area contributed by atoms with Gasteiger partial charge in [0, 0.05) is 29.0 Å². The van der Waals surface area contributed by atoms with Crippen molar-refractivity contribution < 1.29 is 19.1 Å². The third-order valence-electron chi connectivity index (χ3n) is 4.47. The van der Waals surface area contributed by atoms with Crippen LogP contribution < -0.4 is 5.32 Å². The second kappa shape index (κ2) is 8.36. The van der Waals surface area contributed by atoms with Crippen LogP contribution in [0.5, 0.6) is 0 Å². The van der Waals surface area contributed by atoms with Crippen molar-refractivity contribution in [1.29, 1.82) is 0 Å². The lowest BCUT2D eigenvalue weighted by molar-refractivity contribution is -0.139. The Morgan fingerprint density at radius 2 is 1.96 bits per heavy atom. The van der Waals surface area contributed by atoms with Gasteiger partial charge in [-0.2, -0.15) is 0 Å².